The van der Waals surface area contributed by atoms with Crippen LogP contribution in [0.3, 0.4) is 0 Å². The van der Waals surface area contributed by atoms with Gasteiger partial charge in [-0.15, -0.1) is 0 Å². The molecule has 32 heavy (non-hydrogen) atoms. The van der Waals surface area contributed by atoms with Crippen LogP contribution < -0.4 is 14.2 Å². The normalized spacial score (nSPS) is 10.5. The lowest BCUT2D eigenvalue weighted by Crippen LogP contribution is -1.99. The maximum Gasteiger partial charge on any atom is 0.160 e. The quantitative estimate of drug-likeness (QED) is 0.313. The van der Waals surface area contributed by atoms with Crippen molar-refractivity contribution in [3.63, 3.8) is 0 Å². The number of phenolic OH excluding ortho intramolecular Hbond substituents is 2. The first kappa shape index (κ1) is 23.1. The Morgan fingerprint density at radius 2 is 1.56 bits per heavy atom. The molecule has 0 unspecified atom stereocenters. The zero-order valence-corrected chi connectivity index (χ0v) is 19.2. The van der Waals surface area contributed by atoms with Gasteiger partial charge in [-0.2, -0.15) is 0 Å². The third kappa shape index (κ3) is 4.99. The van der Waals surface area contributed by atoms with E-state index in [-0.39, 0.29) is 11.5 Å². The molecule has 0 bridgehead atoms. The van der Waals surface area contributed by atoms with Crippen molar-refractivity contribution in [2.45, 2.75) is 27.2 Å². The zero-order chi connectivity index (χ0) is 23.3. The highest BCUT2D eigenvalue weighted by atomic mass is 16.5. The number of aromatic hydroxyl groups is 2. The Kier molecular flexibility index (Phi) is 7.31. The number of benzene rings is 3. The number of ether oxygens (including phenoxy) is 3. The fourth-order valence-electron chi connectivity index (χ4n) is 3.72. The van der Waals surface area contributed by atoms with Crippen LogP contribution in [0.4, 0.5) is 0 Å². The molecule has 0 fully saturated rings. The van der Waals surface area contributed by atoms with Crippen molar-refractivity contribution in [3.05, 3.63) is 65.7 Å². The number of phenols is 2. The van der Waals surface area contributed by atoms with Gasteiger partial charge in [-0.1, -0.05) is 29.8 Å². The molecule has 3 rings (SSSR count). The van der Waals surface area contributed by atoms with E-state index in [0.29, 0.717) is 23.9 Å². The number of allylic oxidation sites excluding steroid dienone is 1. The highest BCUT2D eigenvalue weighted by molar-refractivity contribution is 5.85. The Bertz CT molecular complexity index is 1110. The highest BCUT2D eigenvalue weighted by Gasteiger charge is 2.20. The maximum atomic E-state index is 10.6. The molecule has 0 heterocycles. The summed E-state index contributed by atoms with van der Waals surface area (Å²) in [7, 11) is 3.25. The molecule has 2 N–H and O–H groups in total. The van der Waals surface area contributed by atoms with Crippen molar-refractivity contribution < 1.29 is 24.4 Å². The summed E-state index contributed by atoms with van der Waals surface area (Å²) >= 11 is 0. The molecule has 0 aliphatic rings. The minimum Gasteiger partial charge on any atom is -0.508 e. The van der Waals surface area contributed by atoms with Crippen LogP contribution in [0.2, 0.25) is 0 Å². The van der Waals surface area contributed by atoms with E-state index in [9.17, 15) is 10.2 Å². The molecule has 168 valence electrons. The summed E-state index contributed by atoms with van der Waals surface area (Å²) < 4.78 is 17.2. The second-order valence-electron chi connectivity index (χ2n) is 7.81. The molecule has 0 saturated heterocycles. The highest BCUT2D eigenvalue weighted by Crippen LogP contribution is 2.46. The number of hydrogen-bond acceptors (Lipinski definition) is 5. The Morgan fingerprint density at radius 3 is 2.16 bits per heavy atom. The molecule has 0 atom stereocenters. The summed E-state index contributed by atoms with van der Waals surface area (Å²) in [5.74, 6) is 2.07. The van der Waals surface area contributed by atoms with Crippen LogP contribution in [-0.4, -0.2) is 31.0 Å². The van der Waals surface area contributed by atoms with Crippen molar-refractivity contribution in [1.82, 2.24) is 0 Å². The predicted molar refractivity (Wildman–Crippen MR) is 128 cm³/mol. The lowest BCUT2D eigenvalue weighted by atomic mass is 9.93. The van der Waals surface area contributed by atoms with Crippen molar-refractivity contribution in [2.75, 3.05) is 20.8 Å². The topological polar surface area (TPSA) is 68.2 Å². The summed E-state index contributed by atoms with van der Waals surface area (Å²) in [4.78, 5) is 0. The molecular weight excluding hydrogens is 404 g/mol. The molecule has 5 heteroatoms. The van der Waals surface area contributed by atoms with E-state index in [1.807, 2.05) is 45.0 Å². The SMILES string of the molecule is COc1cc(-c2ccc(O)cc2)c(OC)c(C)c1-c1ccc(OCCC=C(C)C)c(O)c1. The van der Waals surface area contributed by atoms with Gasteiger partial charge in [0.2, 0.25) is 0 Å². The van der Waals surface area contributed by atoms with Gasteiger partial charge in [0.1, 0.15) is 17.2 Å². The molecule has 5 nitrogen and oxygen atoms in total. The van der Waals surface area contributed by atoms with Gasteiger partial charge in [0.05, 0.1) is 20.8 Å². The summed E-state index contributed by atoms with van der Waals surface area (Å²) in [6.45, 7) is 6.55. The molecular formula is C27H30O5. The van der Waals surface area contributed by atoms with Gasteiger partial charge in [-0.3, -0.25) is 0 Å². The Labute approximate surface area is 189 Å². The van der Waals surface area contributed by atoms with Crippen LogP contribution in [0.5, 0.6) is 28.7 Å². The second kappa shape index (κ2) is 10.1. The molecule has 0 aliphatic heterocycles. The van der Waals surface area contributed by atoms with Gasteiger partial charge in [0.15, 0.2) is 11.5 Å². The lowest BCUT2D eigenvalue weighted by Gasteiger charge is -2.20. The van der Waals surface area contributed by atoms with Crippen LogP contribution in [-0.2, 0) is 0 Å². The van der Waals surface area contributed by atoms with Crippen molar-refractivity contribution in [3.8, 4) is 51.0 Å². The van der Waals surface area contributed by atoms with Gasteiger partial charge < -0.3 is 24.4 Å². The fraction of sp³-hybridized carbons (Fsp3) is 0.259. The number of methoxy groups -OCH3 is 2. The monoisotopic (exact) mass is 434 g/mol. The maximum absolute atomic E-state index is 10.6. The first-order valence-corrected chi connectivity index (χ1v) is 10.5. The molecule has 0 amide bonds. The number of rotatable bonds is 8. The van der Waals surface area contributed by atoms with Crippen LogP contribution in [0, 0.1) is 6.92 Å². The summed E-state index contributed by atoms with van der Waals surface area (Å²) in [6, 6.07) is 14.2. The first-order chi connectivity index (χ1) is 15.3. The van der Waals surface area contributed by atoms with Crippen LogP contribution in [0.15, 0.2) is 60.2 Å². The second-order valence-corrected chi connectivity index (χ2v) is 7.81. The van der Waals surface area contributed by atoms with E-state index in [4.69, 9.17) is 14.2 Å². The summed E-state index contributed by atoms with van der Waals surface area (Å²) in [5.41, 5.74) is 5.50. The van der Waals surface area contributed by atoms with E-state index >= 15 is 0 Å². The lowest BCUT2D eigenvalue weighted by molar-refractivity contribution is 0.305. The van der Waals surface area contributed by atoms with Crippen molar-refractivity contribution >= 4 is 0 Å². The Hall–Kier alpha value is -3.60. The van der Waals surface area contributed by atoms with Gasteiger partial charge in [-0.05, 0) is 68.7 Å². The third-order valence-corrected chi connectivity index (χ3v) is 5.26. The zero-order valence-electron chi connectivity index (χ0n) is 19.2. The largest absolute Gasteiger partial charge is 0.508 e. The molecule has 3 aromatic carbocycles. The van der Waals surface area contributed by atoms with E-state index < -0.39 is 0 Å². The van der Waals surface area contributed by atoms with Gasteiger partial charge in [0, 0.05) is 16.7 Å². The van der Waals surface area contributed by atoms with Gasteiger partial charge >= 0.3 is 0 Å². The van der Waals surface area contributed by atoms with Gasteiger partial charge in [0.25, 0.3) is 0 Å². The molecule has 0 radical (unpaired) electrons. The van der Waals surface area contributed by atoms with E-state index in [1.54, 1.807) is 38.5 Å². The summed E-state index contributed by atoms with van der Waals surface area (Å²) in [5, 5.41) is 20.2. The van der Waals surface area contributed by atoms with Crippen molar-refractivity contribution in [2.24, 2.45) is 0 Å². The predicted octanol–water partition coefficient (Wildman–Crippen LogP) is 6.49. The van der Waals surface area contributed by atoms with Crippen LogP contribution >= 0.6 is 0 Å². The van der Waals surface area contributed by atoms with Gasteiger partial charge in [-0.25, -0.2) is 0 Å². The van der Waals surface area contributed by atoms with E-state index in [2.05, 4.69) is 6.08 Å². The minimum atomic E-state index is 0.0720. The van der Waals surface area contributed by atoms with E-state index in [1.165, 1.54) is 5.57 Å². The third-order valence-electron chi connectivity index (χ3n) is 5.26. The Balaban J connectivity index is 2.01. The fourth-order valence-corrected chi connectivity index (χ4v) is 3.72. The van der Waals surface area contributed by atoms with Crippen LogP contribution in [0.1, 0.15) is 25.8 Å². The average molecular weight is 435 g/mol. The molecule has 0 aliphatic carbocycles. The molecule has 0 aromatic heterocycles. The Morgan fingerprint density at radius 1 is 0.875 bits per heavy atom. The number of hydrogen-bond donors (Lipinski definition) is 2. The average Bonchev–Trinajstić information content (AvgIpc) is 2.77. The van der Waals surface area contributed by atoms with Crippen LogP contribution in [0.25, 0.3) is 22.3 Å². The first-order valence-electron chi connectivity index (χ1n) is 10.5. The van der Waals surface area contributed by atoms with E-state index in [0.717, 1.165) is 34.2 Å². The summed E-state index contributed by atoms with van der Waals surface area (Å²) in [6.07, 6.45) is 2.88. The minimum absolute atomic E-state index is 0.0720. The smallest absolute Gasteiger partial charge is 0.160 e. The molecule has 0 spiro atoms. The van der Waals surface area contributed by atoms with Crippen molar-refractivity contribution in [1.29, 1.82) is 0 Å². The molecule has 0 saturated carbocycles. The standard InChI is InChI=1S/C27H30O5/c1-17(2)7-6-14-32-24-13-10-20(15-23(24)29)26-18(3)27(31-5)22(16-25(26)30-4)19-8-11-21(28)12-9-19/h7-13,15-16,28-29H,6,14H2,1-5H3. The molecule has 3 aromatic rings.